The molecular formula is C17H21N7O. The molecule has 2 saturated heterocycles. The number of hydrogen-bond donors (Lipinski definition) is 0. The Labute approximate surface area is 146 Å². The Hall–Kier alpha value is -2.77. The number of nitrogens with zero attached hydrogens (tertiary/aromatic N) is 7. The zero-order valence-electron chi connectivity index (χ0n) is 14.1. The average molecular weight is 339 g/mol. The summed E-state index contributed by atoms with van der Waals surface area (Å²) in [5, 5.41) is 8.39. The number of carbonyl (C=O) groups excluding carboxylic acids is 1. The standard InChI is InChI=1S/C17H21N7O/c25-16(14-4-5-15(21-20-14)22-8-1-2-9-22)23-10-12-24(13-11-23)17-18-6-3-7-19-17/h3-7H,1-2,8-13H2. The van der Waals surface area contributed by atoms with Crippen molar-refractivity contribution in [3.8, 4) is 0 Å². The van der Waals surface area contributed by atoms with Gasteiger partial charge in [-0.25, -0.2) is 9.97 Å². The molecule has 130 valence electrons. The highest BCUT2D eigenvalue weighted by atomic mass is 16.2. The lowest BCUT2D eigenvalue weighted by Crippen LogP contribution is -2.49. The van der Waals surface area contributed by atoms with Gasteiger partial charge in [0.1, 0.15) is 0 Å². The molecule has 0 bridgehead atoms. The highest BCUT2D eigenvalue weighted by molar-refractivity contribution is 5.92. The van der Waals surface area contributed by atoms with Crippen LogP contribution in [0.3, 0.4) is 0 Å². The smallest absolute Gasteiger partial charge is 0.274 e. The van der Waals surface area contributed by atoms with Gasteiger partial charge < -0.3 is 14.7 Å². The Morgan fingerprint density at radius 3 is 2.20 bits per heavy atom. The van der Waals surface area contributed by atoms with E-state index in [-0.39, 0.29) is 5.91 Å². The molecule has 4 heterocycles. The Balaban J connectivity index is 1.37. The second kappa shape index (κ2) is 7.00. The van der Waals surface area contributed by atoms with Crippen molar-refractivity contribution in [2.75, 3.05) is 49.1 Å². The zero-order chi connectivity index (χ0) is 17.1. The number of carbonyl (C=O) groups is 1. The highest BCUT2D eigenvalue weighted by Crippen LogP contribution is 2.17. The van der Waals surface area contributed by atoms with Gasteiger partial charge in [0.15, 0.2) is 11.5 Å². The minimum atomic E-state index is -0.0610. The predicted octanol–water partition coefficient (Wildman–Crippen LogP) is 0.829. The van der Waals surface area contributed by atoms with E-state index < -0.39 is 0 Å². The molecule has 0 radical (unpaired) electrons. The first kappa shape index (κ1) is 15.7. The molecule has 2 aromatic rings. The second-order valence-electron chi connectivity index (χ2n) is 6.30. The summed E-state index contributed by atoms with van der Waals surface area (Å²) in [4.78, 5) is 27.3. The van der Waals surface area contributed by atoms with Gasteiger partial charge in [-0.15, -0.1) is 10.2 Å². The van der Waals surface area contributed by atoms with E-state index >= 15 is 0 Å². The number of hydrogen-bond acceptors (Lipinski definition) is 7. The van der Waals surface area contributed by atoms with Gasteiger partial charge in [0.05, 0.1) is 0 Å². The minimum Gasteiger partial charge on any atom is -0.355 e. The van der Waals surface area contributed by atoms with E-state index in [9.17, 15) is 4.79 Å². The first-order valence-electron chi connectivity index (χ1n) is 8.71. The predicted molar refractivity (Wildman–Crippen MR) is 93.6 cm³/mol. The van der Waals surface area contributed by atoms with Crippen LogP contribution < -0.4 is 9.80 Å². The van der Waals surface area contributed by atoms with Gasteiger partial charge in [-0.2, -0.15) is 0 Å². The van der Waals surface area contributed by atoms with Crippen LogP contribution in [0.25, 0.3) is 0 Å². The van der Waals surface area contributed by atoms with Gasteiger partial charge >= 0.3 is 0 Å². The van der Waals surface area contributed by atoms with E-state index in [0.29, 0.717) is 24.7 Å². The third-order valence-electron chi connectivity index (χ3n) is 4.70. The van der Waals surface area contributed by atoms with Crippen LogP contribution in [0, 0.1) is 0 Å². The molecule has 25 heavy (non-hydrogen) atoms. The van der Waals surface area contributed by atoms with Gasteiger partial charge in [0, 0.05) is 51.7 Å². The lowest BCUT2D eigenvalue weighted by Gasteiger charge is -2.34. The SMILES string of the molecule is O=C(c1ccc(N2CCCC2)nn1)N1CCN(c2ncccn2)CC1. The first-order chi connectivity index (χ1) is 12.3. The zero-order valence-corrected chi connectivity index (χ0v) is 14.1. The van der Waals surface area contributed by atoms with Crippen LogP contribution in [0.4, 0.5) is 11.8 Å². The van der Waals surface area contributed by atoms with Gasteiger partial charge in [0.25, 0.3) is 5.91 Å². The first-order valence-corrected chi connectivity index (χ1v) is 8.71. The van der Waals surface area contributed by atoms with Gasteiger partial charge in [-0.3, -0.25) is 4.79 Å². The summed E-state index contributed by atoms with van der Waals surface area (Å²) in [6.45, 7) is 4.74. The minimum absolute atomic E-state index is 0.0610. The number of piperazine rings is 1. The Morgan fingerprint density at radius 2 is 1.56 bits per heavy atom. The Kier molecular flexibility index (Phi) is 4.41. The van der Waals surface area contributed by atoms with Crippen LogP contribution in [-0.2, 0) is 0 Å². The van der Waals surface area contributed by atoms with E-state index in [1.165, 1.54) is 12.8 Å². The fourth-order valence-corrected chi connectivity index (χ4v) is 3.28. The van der Waals surface area contributed by atoms with Crippen LogP contribution in [0.1, 0.15) is 23.3 Å². The summed E-state index contributed by atoms with van der Waals surface area (Å²) in [6.07, 6.45) is 5.85. The molecule has 8 nitrogen and oxygen atoms in total. The molecule has 4 rings (SSSR count). The van der Waals surface area contributed by atoms with Gasteiger partial charge in [-0.1, -0.05) is 0 Å². The van der Waals surface area contributed by atoms with Crippen molar-refractivity contribution in [3.63, 3.8) is 0 Å². The third-order valence-corrected chi connectivity index (χ3v) is 4.70. The van der Waals surface area contributed by atoms with Crippen molar-refractivity contribution in [3.05, 3.63) is 36.3 Å². The lowest BCUT2D eigenvalue weighted by atomic mass is 10.2. The Bertz CT molecular complexity index is 708. The number of amides is 1. The molecule has 0 aromatic carbocycles. The number of anilines is 2. The van der Waals surface area contributed by atoms with Crippen LogP contribution in [0.15, 0.2) is 30.6 Å². The molecule has 0 saturated carbocycles. The van der Waals surface area contributed by atoms with Crippen molar-refractivity contribution in [1.82, 2.24) is 25.1 Å². The van der Waals surface area contributed by atoms with Gasteiger partial charge in [0.2, 0.25) is 5.95 Å². The van der Waals surface area contributed by atoms with Crippen LogP contribution >= 0.6 is 0 Å². The molecular weight excluding hydrogens is 318 g/mol. The van der Waals surface area contributed by atoms with Crippen molar-refractivity contribution >= 4 is 17.7 Å². The fourth-order valence-electron chi connectivity index (χ4n) is 3.28. The van der Waals surface area contributed by atoms with Gasteiger partial charge in [-0.05, 0) is 31.0 Å². The molecule has 2 aliphatic heterocycles. The average Bonchev–Trinajstić information content (AvgIpc) is 3.23. The van der Waals surface area contributed by atoms with Crippen molar-refractivity contribution < 1.29 is 4.79 Å². The number of rotatable bonds is 3. The quantitative estimate of drug-likeness (QED) is 0.819. The van der Waals surface area contributed by atoms with Crippen molar-refractivity contribution in [1.29, 1.82) is 0 Å². The monoisotopic (exact) mass is 339 g/mol. The lowest BCUT2D eigenvalue weighted by molar-refractivity contribution is 0.0739. The fraction of sp³-hybridized carbons (Fsp3) is 0.471. The summed E-state index contributed by atoms with van der Waals surface area (Å²) < 4.78 is 0. The van der Waals surface area contributed by atoms with Crippen LogP contribution in [0.5, 0.6) is 0 Å². The topological polar surface area (TPSA) is 78.4 Å². The Morgan fingerprint density at radius 1 is 0.840 bits per heavy atom. The van der Waals surface area contributed by atoms with E-state index in [0.717, 1.165) is 32.0 Å². The molecule has 2 aliphatic rings. The molecule has 1 amide bonds. The summed E-state index contributed by atoms with van der Waals surface area (Å²) in [5.41, 5.74) is 0.410. The largest absolute Gasteiger partial charge is 0.355 e. The highest BCUT2D eigenvalue weighted by Gasteiger charge is 2.24. The molecule has 2 aromatic heterocycles. The van der Waals surface area contributed by atoms with E-state index in [4.69, 9.17) is 0 Å². The van der Waals surface area contributed by atoms with Crippen molar-refractivity contribution in [2.45, 2.75) is 12.8 Å². The second-order valence-corrected chi connectivity index (χ2v) is 6.30. The maximum atomic E-state index is 12.6. The van der Waals surface area contributed by atoms with Crippen LogP contribution in [-0.4, -0.2) is 70.2 Å². The molecule has 8 heteroatoms. The van der Waals surface area contributed by atoms with E-state index in [2.05, 4.69) is 30.0 Å². The summed E-state index contributed by atoms with van der Waals surface area (Å²) in [7, 11) is 0. The van der Waals surface area contributed by atoms with Crippen molar-refractivity contribution in [2.24, 2.45) is 0 Å². The molecule has 2 fully saturated rings. The third kappa shape index (κ3) is 3.38. The maximum Gasteiger partial charge on any atom is 0.274 e. The molecule has 0 atom stereocenters. The summed E-state index contributed by atoms with van der Waals surface area (Å²) >= 11 is 0. The van der Waals surface area contributed by atoms with E-state index in [1.54, 1.807) is 24.5 Å². The summed E-state index contributed by atoms with van der Waals surface area (Å²) in [5.74, 6) is 1.51. The van der Waals surface area contributed by atoms with Crippen LogP contribution in [0.2, 0.25) is 0 Å². The molecule has 0 spiro atoms. The molecule has 0 aliphatic carbocycles. The summed E-state index contributed by atoms with van der Waals surface area (Å²) in [6, 6.07) is 5.49. The maximum absolute atomic E-state index is 12.6. The van der Waals surface area contributed by atoms with E-state index in [1.807, 2.05) is 11.0 Å². The normalized spacial score (nSPS) is 17.8. The molecule has 0 N–H and O–H groups in total. The molecule has 0 unspecified atom stereocenters. The number of aromatic nitrogens is 4.